The minimum atomic E-state index is 0. The van der Waals surface area contributed by atoms with Gasteiger partial charge in [-0.1, -0.05) is 15.9 Å². The maximum Gasteiger partial charge on any atom is 0.119 e. The van der Waals surface area contributed by atoms with Gasteiger partial charge in [-0.25, -0.2) is 0 Å². The SMILES string of the molecule is Brc1ccc(OCCC2CCCNC2)cc1.Cl. The molecule has 1 fully saturated rings. The number of hydrogen-bond acceptors (Lipinski definition) is 2. The molecule has 0 amide bonds. The molecule has 96 valence electrons. The van der Waals surface area contributed by atoms with Gasteiger partial charge in [-0.05, 0) is 62.5 Å². The fourth-order valence-electron chi connectivity index (χ4n) is 2.04. The largest absolute Gasteiger partial charge is 0.494 e. The fourth-order valence-corrected chi connectivity index (χ4v) is 2.31. The van der Waals surface area contributed by atoms with Crippen LogP contribution >= 0.6 is 28.3 Å². The summed E-state index contributed by atoms with van der Waals surface area (Å²) in [4.78, 5) is 0. The summed E-state index contributed by atoms with van der Waals surface area (Å²) in [5, 5.41) is 3.43. The van der Waals surface area contributed by atoms with Crippen LogP contribution in [-0.4, -0.2) is 19.7 Å². The van der Waals surface area contributed by atoms with Crippen LogP contribution in [0.25, 0.3) is 0 Å². The summed E-state index contributed by atoms with van der Waals surface area (Å²) in [6.07, 6.45) is 3.81. The van der Waals surface area contributed by atoms with Crippen molar-refractivity contribution in [2.24, 2.45) is 5.92 Å². The number of rotatable bonds is 4. The Kier molecular flexibility index (Phi) is 6.93. The smallest absolute Gasteiger partial charge is 0.119 e. The van der Waals surface area contributed by atoms with Crippen molar-refractivity contribution in [1.29, 1.82) is 0 Å². The average molecular weight is 321 g/mol. The van der Waals surface area contributed by atoms with Crippen LogP contribution in [0.1, 0.15) is 19.3 Å². The van der Waals surface area contributed by atoms with Crippen LogP contribution in [0.5, 0.6) is 5.75 Å². The molecule has 1 heterocycles. The van der Waals surface area contributed by atoms with E-state index in [-0.39, 0.29) is 12.4 Å². The highest BCUT2D eigenvalue weighted by Crippen LogP contribution is 2.18. The molecule has 17 heavy (non-hydrogen) atoms. The Hall–Kier alpha value is -0.250. The van der Waals surface area contributed by atoms with Crippen molar-refractivity contribution in [3.63, 3.8) is 0 Å². The lowest BCUT2D eigenvalue weighted by Gasteiger charge is -2.22. The Bertz CT molecular complexity index is 312. The van der Waals surface area contributed by atoms with E-state index in [4.69, 9.17) is 4.74 Å². The number of benzene rings is 1. The van der Waals surface area contributed by atoms with Crippen LogP contribution in [0.2, 0.25) is 0 Å². The molecule has 1 aliphatic heterocycles. The van der Waals surface area contributed by atoms with E-state index >= 15 is 0 Å². The van der Waals surface area contributed by atoms with Gasteiger partial charge in [0.05, 0.1) is 6.61 Å². The molecule has 2 nitrogen and oxygen atoms in total. The second kappa shape index (κ2) is 7.96. The van der Waals surface area contributed by atoms with Gasteiger partial charge in [-0.3, -0.25) is 0 Å². The van der Waals surface area contributed by atoms with Crippen LogP contribution in [0, 0.1) is 5.92 Å². The molecule has 1 N–H and O–H groups in total. The highest BCUT2D eigenvalue weighted by molar-refractivity contribution is 9.10. The first-order valence-corrected chi connectivity index (χ1v) is 6.73. The van der Waals surface area contributed by atoms with Gasteiger partial charge in [0.15, 0.2) is 0 Å². The number of piperidine rings is 1. The first-order valence-electron chi connectivity index (χ1n) is 5.94. The fraction of sp³-hybridized carbons (Fsp3) is 0.538. The zero-order valence-electron chi connectivity index (χ0n) is 9.82. The first-order chi connectivity index (χ1) is 7.84. The Morgan fingerprint density at radius 2 is 2.06 bits per heavy atom. The van der Waals surface area contributed by atoms with Gasteiger partial charge < -0.3 is 10.1 Å². The van der Waals surface area contributed by atoms with Crippen molar-refractivity contribution in [2.45, 2.75) is 19.3 Å². The van der Waals surface area contributed by atoms with Crippen molar-refractivity contribution < 1.29 is 4.74 Å². The van der Waals surface area contributed by atoms with E-state index in [0.29, 0.717) is 0 Å². The topological polar surface area (TPSA) is 21.3 Å². The second-order valence-electron chi connectivity index (χ2n) is 4.30. The van der Waals surface area contributed by atoms with E-state index < -0.39 is 0 Å². The molecule has 1 aliphatic rings. The number of nitrogens with one attached hydrogen (secondary N) is 1. The van der Waals surface area contributed by atoms with Crippen LogP contribution in [0.15, 0.2) is 28.7 Å². The van der Waals surface area contributed by atoms with Gasteiger partial charge >= 0.3 is 0 Å². The summed E-state index contributed by atoms with van der Waals surface area (Å²) in [6.45, 7) is 3.17. The summed E-state index contributed by atoms with van der Waals surface area (Å²) in [6, 6.07) is 8.03. The first kappa shape index (κ1) is 14.8. The van der Waals surface area contributed by atoms with Crippen molar-refractivity contribution in [3.8, 4) is 5.75 Å². The monoisotopic (exact) mass is 319 g/mol. The lowest BCUT2D eigenvalue weighted by molar-refractivity contribution is 0.254. The Balaban J connectivity index is 0.00000144. The summed E-state index contributed by atoms with van der Waals surface area (Å²) in [5.74, 6) is 1.76. The molecule has 0 spiro atoms. The van der Waals surface area contributed by atoms with E-state index in [1.165, 1.54) is 19.4 Å². The third kappa shape index (κ3) is 5.28. The van der Waals surface area contributed by atoms with Gasteiger partial charge in [0.2, 0.25) is 0 Å². The van der Waals surface area contributed by atoms with E-state index in [0.717, 1.165) is 35.7 Å². The predicted molar refractivity (Wildman–Crippen MR) is 77.1 cm³/mol. The van der Waals surface area contributed by atoms with Gasteiger partial charge in [-0.15, -0.1) is 12.4 Å². The summed E-state index contributed by atoms with van der Waals surface area (Å²) in [5.41, 5.74) is 0. The average Bonchev–Trinajstić information content (AvgIpc) is 2.33. The molecule has 1 atom stereocenters. The van der Waals surface area contributed by atoms with Gasteiger partial charge in [-0.2, -0.15) is 0 Å². The predicted octanol–water partition coefficient (Wildman–Crippen LogP) is 3.64. The third-order valence-electron chi connectivity index (χ3n) is 3.01. The molecule has 4 heteroatoms. The Morgan fingerprint density at radius 3 is 2.71 bits per heavy atom. The molecule has 0 radical (unpaired) electrons. The number of halogens is 2. The molecular weight excluding hydrogens is 302 g/mol. The van der Waals surface area contributed by atoms with Crippen molar-refractivity contribution >= 4 is 28.3 Å². The van der Waals surface area contributed by atoms with Crippen LogP contribution in [0.3, 0.4) is 0 Å². The summed E-state index contributed by atoms with van der Waals surface area (Å²) >= 11 is 3.41. The second-order valence-corrected chi connectivity index (χ2v) is 5.22. The lowest BCUT2D eigenvalue weighted by Crippen LogP contribution is -2.30. The van der Waals surface area contributed by atoms with Crippen molar-refractivity contribution in [3.05, 3.63) is 28.7 Å². The molecule has 0 aliphatic carbocycles. The summed E-state index contributed by atoms with van der Waals surface area (Å²) in [7, 11) is 0. The molecule has 1 aromatic rings. The van der Waals surface area contributed by atoms with E-state index in [1.54, 1.807) is 0 Å². The zero-order chi connectivity index (χ0) is 11.2. The minimum absolute atomic E-state index is 0. The van der Waals surface area contributed by atoms with Gasteiger partial charge in [0.1, 0.15) is 5.75 Å². The van der Waals surface area contributed by atoms with E-state index in [9.17, 15) is 0 Å². The number of hydrogen-bond donors (Lipinski definition) is 1. The maximum absolute atomic E-state index is 5.72. The molecule has 0 bridgehead atoms. The lowest BCUT2D eigenvalue weighted by atomic mass is 9.97. The zero-order valence-corrected chi connectivity index (χ0v) is 12.2. The maximum atomic E-state index is 5.72. The number of ether oxygens (including phenoxy) is 1. The quantitative estimate of drug-likeness (QED) is 0.914. The van der Waals surface area contributed by atoms with Crippen molar-refractivity contribution in [2.75, 3.05) is 19.7 Å². The minimum Gasteiger partial charge on any atom is -0.494 e. The molecule has 1 unspecified atom stereocenters. The normalized spacial score (nSPS) is 19.5. The highest BCUT2D eigenvalue weighted by atomic mass is 79.9. The summed E-state index contributed by atoms with van der Waals surface area (Å²) < 4.78 is 6.81. The molecule has 0 saturated carbocycles. The van der Waals surface area contributed by atoms with Gasteiger partial charge in [0, 0.05) is 4.47 Å². The van der Waals surface area contributed by atoms with Crippen LogP contribution in [-0.2, 0) is 0 Å². The molecule has 2 rings (SSSR count). The Labute approximate surface area is 118 Å². The van der Waals surface area contributed by atoms with Crippen LogP contribution in [0.4, 0.5) is 0 Å². The van der Waals surface area contributed by atoms with Crippen molar-refractivity contribution in [1.82, 2.24) is 5.32 Å². The standard InChI is InChI=1S/C13H18BrNO.ClH/c14-12-3-5-13(6-4-12)16-9-7-11-2-1-8-15-10-11;/h3-6,11,15H,1-2,7-10H2;1H. The molecule has 0 aromatic heterocycles. The highest BCUT2D eigenvalue weighted by Gasteiger charge is 2.12. The molecule has 1 saturated heterocycles. The van der Waals surface area contributed by atoms with Crippen LogP contribution < -0.4 is 10.1 Å². The van der Waals surface area contributed by atoms with Gasteiger partial charge in [0.25, 0.3) is 0 Å². The Morgan fingerprint density at radius 1 is 1.29 bits per heavy atom. The third-order valence-corrected chi connectivity index (χ3v) is 3.54. The van der Waals surface area contributed by atoms with E-state index in [2.05, 4.69) is 21.2 Å². The molecular formula is C13H19BrClNO. The molecule has 1 aromatic carbocycles. The van der Waals surface area contributed by atoms with E-state index in [1.807, 2.05) is 24.3 Å².